The summed E-state index contributed by atoms with van der Waals surface area (Å²) < 4.78 is 30.6. The fraction of sp³-hybridized carbons (Fsp3) is 0.364. The molecule has 1 aromatic carbocycles. The largest absolute Gasteiger partial charge is 0.496 e. The van der Waals surface area contributed by atoms with Gasteiger partial charge in [-0.05, 0) is 26.0 Å². The second-order valence-electron chi connectivity index (χ2n) is 3.92. The van der Waals surface area contributed by atoms with Crippen molar-refractivity contribution in [1.82, 2.24) is 0 Å². The molecule has 7 heteroatoms. The number of rotatable bonds is 5. The van der Waals surface area contributed by atoms with E-state index in [1.165, 1.54) is 25.3 Å². The molecule has 0 saturated carbocycles. The quantitative estimate of drug-likeness (QED) is 0.849. The molecule has 0 aliphatic heterocycles. The predicted molar refractivity (Wildman–Crippen MR) is 67.6 cm³/mol. The average Bonchev–Trinajstić information content (AvgIpc) is 2.27. The molecule has 0 amide bonds. The maximum Gasteiger partial charge on any atom is 0.339 e. The highest BCUT2D eigenvalue weighted by Gasteiger charge is 2.17. The molecule has 0 aliphatic carbocycles. The van der Waals surface area contributed by atoms with Gasteiger partial charge in [0.15, 0.2) is 0 Å². The summed E-state index contributed by atoms with van der Waals surface area (Å²) >= 11 is 0. The summed E-state index contributed by atoms with van der Waals surface area (Å²) in [5.74, 6) is -1.03. The number of aromatic carboxylic acids is 1. The van der Waals surface area contributed by atoms with Crippen molar-refractivity contribution in [2.75, 3.05) is 11.8 Å². The second-order valence-corrected chi connectivity index (χ2v) is 6.15. The van der Waals surface area contributed by atoms with Crippen LogP contribution in [0.15, 0.2) is 18.2 Å². The molecule has 0 spiro atoms. The van der Waals surface area contributed by atoms with Gasteiger partial charge in [-0.15, -0.1) is 0 Å². The Morgan fingerprint density at radius 3 is 2.44 bits per heavy atom. The van der Waals surface area contributed by atoms with Crippen LogP contribution in [0.25, 0.3) is 0 Å². The summed E-state index contributed by atoms with van der Waals surface area (Å²) in [4.78, 5) is 10.9. The molecule has 18 heavy (non-hydrogen) atoms. The molecule has 0 saturated heterocycles. The second kappa shape index (κ2) is 5.26. The van der Waals surface area contributed by atoms with E-state index in [1.54, 1.807) is 13.8 Å². The molecule has 1 rings (SSSR count). The Morgan fingerprint density at radius 2 is 2.00 bits per heavy atom. The van der Waals surface area contributed by atoms with Gasteiger partial charge in [0, 0.05) is 6.07 Å². The van der Waals surface area contributed by atoms with Crippen molar-refractivity contribution in [1.29, 1.82) is 0 Å². The van der Waals surface area contributed by atoms with Gasteiger partial charge in [-0.2, -0.15) is 0 Å². The molecule has 6 nitrogen and oxygen atoms in total. The van der Waals surface area contributed by atoms with Crippen LogP contribution in [-0.4, -0.2) is 31.9 Å². The maximum absolute atomic E-state index is 11.6. The Morgan fingerprint density at radius 1 is 1.39 bits per heavy atom. The third kappa shape index (κ3) is 3.13. The van der Waals surface area contributed by atoms with E-state index in [2.05, 4.69) is 4.72 Å². The molecule has 0 atom stereocenters. The fourth-order valence-corrected chi connectivity index (χ4v) is 1.90. The van der Waals surface area contributed by atoms with Gasteiger partial charge in [-0.3, -0.25) is 4.72 Å². The van der Waals surface area contributed by atoms with Crippen molar-refractivity contribution in [3.8, 4) is 5.75 Å². The zero-order valence-electron chi connectivity index (χ0n) is 10.3. The summed E-state index contributed by atoms with van der Waals surface area (Å²) in [6.45, 7) is 3.09. The van der Waals surface area contributed by atoms with Crippen molar-refractivity contribution in [3.05, 3.63) is 23.8 Å². The fourth-order valence-electron chi connectivity index (χ4n) is 1.21. The van der Waals surface area contributed by atoms with E-state index in [9.17, 15) is 13.2 Å². The van der Waals surface area contributed by atoms with Crippen LogP contribution in [0.5, 0.6) is 5.75 Å². The summed E-state index contributed by atoms with van der Waals surface area (Å²) in [6, 6.07) is 4.01. The summed E-state index contributed by atoms with van der Waals surface area (Å²) in [5, 5.41) is 8.31. The first-order chi connectivity index (χ1) is 8.27. The Hall–Kier alpha value is -1.76. The molecule has 100 valence electrons. The molecule has 0 bridgehead atoms. The standard InChI is InChI=1S/C11H15NO5S/c1-7(2)18(15,16)12-8-4-5-9(11(13)14)10(6-8)17-3/h4-7,12H,1-3H3,(H,13,14). The van der Waals surface area contributed by atoms with Crippen molar-refractivity contribution in [2.45, 2.75) is 19.1 Å². The van der Waals surface area contributed by atoms with Crippen LogP contribution >= 0.6 is 0 Å². The number of anilines is 1. The predicted octanol–water partition coefficient (Wildman–Crippen LogP) is 1.54. The van der Waals surface area contributed by atoms with E-state index < -0.39 is 21.2 Å². The molecular weight excluding hydrogens is 258 g/mol. The molecule has 0 aliphatic rings. The zero-order chi connectivity index (χ0) is 13.9. The molecule has 0 aromatic heterocycles. The van der Waals surface area contributed by atoms with E-state index >= 15 is 0 Å². The molecule has 0 unspecified atom stereocenters. The minimum Gasteiger partial charge on any atom is -0.496 e. The van der Waals surface area contributed by atoms with Gasteiger partial charge in [0.25, 0.3) is 0 Å². The van der Waals surface area contributed by atoms with Crippen molar-refractivity contribution >= 4 is 21.7 Å². The van der Waals surface area contributed by atoms with Gasteiger partial charge in [0.2, 0.25) is 10.0 Å². The number of methoxy groups -OCH3 is 1. The topological polar surface area (TPSA) is 92.7 Å². The first kappa shape index (κ1) is 14.3. The molecule has 1 aromatic rings. The zero-order valence-corrected chi connectivity index (χ0v) is 11.1. The van der Waals surface area contributed by atoms with Crippen molar-refractivity contribution in [3.63, 3.8) is 0 Å². The third-order valence-electron chi connectivity index (χ3n) is 2.31. The van der Waals surface area contributed by atoms with Crippen LogP contribution < -0.4 is 9.46 Å². The van der Waals surface area contributed by atoms with Crippen LogP contribution in [0.2, 0.25) is 0 Å². The lowest BCUT2D eigenvalue weighted by molar-refractivity contribution is 0.0693. The Labute approximate surface area is 106 Å². The van der Waals surface area contributed by atoms with Gasteiger partial charge in [-0.1, -0.05) is 0 Å². The Bertz CT molecular complexity index is 551. The number of ether oxygens (including phenoxy) is 1. The van der Waals surface area contributed by atoms with Gasteiger partial charge in [-0.25, -0.2) is 13.2 Å². The first-order valence-corrected chi connectivity index (χ1v) is 6.75. The number of sulfonamides is 1. The highest BCUT2D eigenvalue weighted by Crippen LogP contribution is 2.24. The molecule has 0 heterocycles. The number of carbonyl (C=O) groups is 1. The highest BCUT2D eigenvalue weighted by molar-refractivity contribution is 7.93. The molecule has 2 N–H and O–H groups in total. The van der Waals surface area contributed by atoms with E-state index in [0.29, 0.717) is 0 Å². The normalized spacial score (nSPS) is 11.3. The van der Waals surface area contributed by atoms with Gasteiger partial charge < -0.3 is 9.84 Å². The number of carboxylic acids is 1. The van der Waals surface area contributed by atoms with Crippen LogP contribution in [0, 0.1) is 0 Å². The van der Waals surface area contributed by atoms with Crippen LogP contribution in [-0.2, 0) is 10.0 Å². The Balaban J connectivity index is 3.11. The van der Waals surface area contributed by atoms with Crippen molar-refractivity contribution < 1.29 is 23.1 Å². The monoisotopic (exact) mass is 273 g/mol. The molecule has 0 fully saturated rings. The van der Waals surface area contributed by atoms with E-state index in [1.807, 2.05) is 0 Å². The lowest BCUT2D eigenvalue weighted by Gasteiger charge is -2.12. The minimum atomic E-state index is -3.46. The SMILES string of the molecule is COc1cc(NS(=O)(=O)C(C)C)ccc1C(=O)O. The lowest BCUT2D eigenvalue weighted by Crippen LogP contribution is -2.22. The van der Waals surface area contributed by atoms with Gasteiger partial charge >= 0.3 is 5.97 Å². The lowest BCUT2D eigenvalue weighted by atomic mass is 10.2. The van der Waals surface area contributed by atoms with E-state index in [-0.39, 0.29) is 17.0 Å². The number of hydrogen-bond acceptors (Lipinski definition) is 4. The number of carboxylic acid groups (broad SMARTS) is 1. The summed E-state index contributed by atoms with van der Waals surface area (Å²) in [5.41, 5.74) is 0.246. The van der Waals surface area contributed by atoms with E-state index in [0.717, 1.165) is 0 Å². The summed E-state index contributed by atoms with van der Waals surface area (Å²) in [6.07, 6.45) is 0. The van der Waals surface area contributed by atoms with Crippen LogP contribution in [0.4, 0.5) is 5.69 Å². The van der Waals surface area contributed by atoms with Gasteiger partial charge in [0.1, 0.15) is 11.3 Å². The highest BCUT2D eigenvalue weighted by atomic mass is 32.2. The number of nitrogens with one attached hydrogen (secondary N) is 1. The van der Waals surface area contributed by atoms with E-state index in [4.69, 9.17) is 9.84 Å². The van der Waals surface area contributed by atoms with Crippen LogP contribution in [0.3, 0.4) is 0 Å². The van der Waals surface area contributed by atoms with Crippen LogP contribution in [0.1, 0.15) is 24.2 Å². The molecular formula is C11H15NO5S. The summed E-state index contributed by atoms with van der Waals surface area (Å²) in [7, 11) is -2.14. The Kier molecular flexibility index (Phi) is 4.18. The molecule has 0 radical (unpaired) electrons. The van der Waals surface area contributed by atoms with Gasteiger partial charge in [0.05, 0.1) is 18.0 Å². The average molecular weight is 273 g/mol. The number of benzene rings is 1. The first-order valence-electron chi connectivity index (χ1n) is 5.21. The third-order valence-corrected chi connectivity index (χ3v) is 4.07. The smallest absolute Gasteiger partial charge is 0.339 e. The van der Waals surface area contributed by atoms with Crippen molar-refractivity contribution in [2.24, 2.45) is 0 Å². The minimum absolute atomic E-state index is 0.0232. The number of hydrogen-bond donors (Lipinski definition) is 2. The maximum atomic E-state index is 11.6.